The first kappa shape index (κ1) is 10.9. The third-order valence-corrected chi connectivity index (χ3v) is 1.13. The number of anilines is 1. The summed E-state index contributed by atoms with van der Waals surface area (Å²) in [5, 5.41) is 17.0. The van der Waals surface area contributed by atoms with Gasteiger partial charge in [-0.25, -0.2) is 0 Å². The summed E-state index contributed by atoms with van der Waals surface area (Å²) >= 11 is 0. The molecule has 0 bridgehead atoms. The fourth-order valence-electron chi connectivity index (χ4n) is 0.654. The maximum absolute atomic E-state index is 10.1. The van der Waals surface area contributed by atoms with Gasteiger partial charge < -0.3 is 10.8 Å². The number of nitro benzene ring substituents is 1. The van der Waals surface area contributed by atoms with Crippen LogP contribution in [0.3, 0.4) is 0 Å². The summed E-state index contributed by atoms with van der Waals surface area (Å²) in [4.78, 5) is 18.0. The van der Waals surface area contributed by atoms with E-state index in [1.807, 2.05) is 0 Å². The van der Waals surface area contributed by atoms with E-state index in [9.17, 15) is 10.1 Å². The number of nitrogens with zero attached hydrogens (tertiary/aromatic N) is 1. The van der Waals surface area contributed by atoms with Gasteiger partial charge in [-0.2, -0.15) is 0 Å². The second kappa shape index (κ2) is 5.53. The molecular formula is C7H8N2O4. The Balaban J connectivity index is 0.000000424. The van der Waals surface area contributed by atoms with Gasteiger partial charge in [0.1, 0.15) is 5.69 Å². The minimum Gasteiger partial charge on any atom is -0.483 e. The van der Waals surface area contributed by atoms with Crippen LogP contribution in [0.25, 0.3) is 0 Å². The third kappa shape index (κ3) is 3.71. The van der Waals surface area contributed by atoms with E-state index in [1.54, 1.807) is 12.1 Å². The maximum atomic E-state index is 10.1. The number of rotatable bonds is 1. The quantitative estimate of drug-likeness (QED) is 0.291. The molecule has 0 atom stereocenters. The van der Waals surface area contributed by atoms with Crippen LogP contribution in [0, 0.1) is 10.1 Å². The Morgan fingerprint density at radius 1 is 1.46 bits per heavy atom. The van der Waals surface area contributed by atoms with E-state index < -0.39 is 4.92 Å². The Morgan fingerprint density at radius 2 is 1.92 bits per heavy atom. The molecule has 0 unspecified atom stereocenters. The van der Waals surface area contributed by atoms with Gasteiger partial charge in [0.2, 0.25) is 0 Å². The summed E-state index contributed by atoms with van der Waals surface area (Å²) in [5.74, 6) is 0. The van der Waals surface area contributed by atoms with Gasteiger partial charge in [0.05, 0.1) is 4.92 Å². The fourth-order valence-corrected chi connectivity index (χ4v) is 0.654. The monoisotopic (exact) mass is 184 g/mol. The van der Waals surface area contributed by atoms with Crippen LogP contribution in [0.1, 0.15) is 0 Å². The van der Waals surface area contributed by atoms with Gasteiger partial charge in [-0.3, -0.25) is 14.9 Å². The lowest BCUT2D eigenvalue weighted by Crippen LogP contribution is -1.93. The molecule has 70 valence electrons. The summed E-state index contributed by atoms with van der Waals surface area (Å²) in [6.45, 7) is -0.250. The number of benzene rings is 1. The number of hydrogen-bond donors (Lipinski definition) is 2. The normalized spacial score (nSPS) is 8.00. The zero-order valence-corrected chi connectivity index (χ0v) is 6.58. The molecule has 6 nitrogen and oxygen atoms in total. The van der Waals surface area contributed by atoms with Crippen molar-refractivity contribution in [2.45, 2.75) is 0 Å². The number of nitrogens with two attached hydrogens (primary N) is 1. The first-order valence-corrected chi connectivity index (χ1v) is 3.20. The molecule has 0 saturated heterocycles. The molecule has 13 heavy (non-hydrogen) atoms. The second-order valence-electron chi connectivity index (χ2n) is 1.92. The predicted molar refractivity (Wildman–Crippen MR) is 46.2 cm³/mol. The zero-order valence-electron chi connectivity index (χ0n) is 6.58. The Bertz CT molecular complexity index is 300. The Morgan fingerprint density at radius 3 is 2.23 bits per heavy atom. The molecule has 0 aliphatic rings. The molecule has 0 aliphatic carbocycles. The molecule has 1 aromatic rings. The lowest BCUT2D eigenvalue weighted by Gasteiger charge is -1.92. The van der Waals surface area contributed by atoms with Crippen molar-refractivity contribution < 1.29 is 14.8 Å². The van der Waals surface area contributed by atoms with E-state index in [4.69, 9.17) is 15.6 Å². The Hall–Kier alpha value is -2.11. The molecule has 0 aromatic heterocycles. The summed E-state index contributed by atoms with van der Waals surface area (Å²) in [5.41, 5.74) is 5.44. The van der Waals surface area contributed by atoms with Crippen molar-refractivity contribution in [2.24, 2.45) is 0 Å². The van der Waals surface area contributed by atoms with Crippen molar-refractivity contribution in [3.05, 3.63) is 34.4 Å². The lowest BCUT2D eigenvalue weighted by molar-refractivity contribution is -0.383. The molecule has 1 rings (SSSR count). The summed E-state index contributed by atoms with van der Waals surface area (Å²) < 4.78 is 0. The van der Waals surface area contributed by atoms with Crippen molar-refractivity contribution in [2.75, 3.05) is 5.73 Å². The maximum Gasteiger partial charge on any atom is 0.292 e. The van der Waals surface area contributed by atoms with Crippen LogP contribution in [0.2, 0.25) is 0 Å². The lowest BCUT2D eigenvalue weighted by atomic mass is 10.3. The highest BCUT2D eigenvalue weighted by Crippen LogP contribution is 2.18. The molecule has 0 aliphatic heterocycles. The fraction of sp³-hybridized carbons (Fsp3) is 0. The van der Waals surface area contributed by atoms with E-state index in [2.05, 4.69) is 0 Å². The first-order valence-electron chi connectivity index (χ1n) is 3.20. The van der Waals surface area contributed by atoms with Gasteiger partial charge in [0.15, 0.2) is 0 Å². The second-order valence-corrected chi connectivity index (χ2v) is 1.92. The first-order chi connectivity index (χ1) is 6.13. The number of para-hydroxylation sites is 2. The molecule has 0 spiro atoms. The largest absolute Gasteiger partial charge is 0.483 e. The Kier molecular flexibility index (Phi) is 4.63. The molecule has 0 saturated carbocycles. The van der Waals surface area contributed by atoms with Gasteiger partial charge in [-0.1, -0.05) is 12.1 Å². The van der Waals surface area contributed by atoms with Gasteiger partial charge in [-0.05, 0) is 6.07 Å². The van der Waals surface area contributed by atoms with E-state index >= 15 is 0 Å². The highest BCUT2D eigenvalue weighted by molar-refractivity contribution is 5.57. The molecule has 0 radical (unpaired) electrons. The SMILES string of the molecule is Nc1ccccc1[N+](=O)[O-].O=CO. The number of nitrogen functional groups attached to an aromatic ring is 1. The van der Waals surface area contributed by atoms with E-state index in [0.29, 0.717) is 0 Å². The number of carbonyl (C=O) groups is 1. The zero-order chi connectivity index (χ0) is 10.3. The van der Waals surface area contributed by atoms with Crippen LogP contribution in [-0.2, 0) is 4.79 Å². The molecule has 0 fully saturated rings. The number of carboxylic acid groups (broad SMARTS) is 1. The van der Waals surface area contributed by atoms with Crippen LogP contribution < -0.4 is 5.73 Å². The summed E-state index contributed by atoms with van der Waals surface area (Å²) in [6.07, 6.45) is 0. The van der Waals surface area contributed by atoms with Crippen LogP contribution in [0.5, 0.6) is 0 Å². The minimum absolute atomic E-state index is 0.0394. The van der Waals surface area contributed by atoms with Crippen molar-refractivity contribution >= 4 is 17.8 Å². The summed E-state index contributed by atoms with van der Waals surface area (Å²) in [6, 6.07) is 6.10. The minimum atomic E-state index is -0.505. The van der Waals surface area contributed by atoms with E-state index in [1.165, 1.54) is 12.1 Å². The third-order valence-electron chi connectivity index (χ3n) is 1.13. The highest BCUT2D eigenvalue weighted by Gasteiger charge is 2.07. The van der Waals surface area contributed by atoms with E-state index in [0.717, 1.165) is 0 Å². The van der Waals surface area contributed by atoms with E-state index in [-0.39, 0.29) is 17.8 Å². The Labute approximate surface area is 73.8 Å². The van der Waals surface area contributed by atoms with Crippen LogP contribution in [0.4, 0.5) is 11.4 Å². The standard InChI is InChI=1S/C6H6N2O2.CH2O2/c7-5-3-1-2-4-6(5)8(9)10;2-1-3/h1-4H,7H2;1H,(H,2,3). The molecule has 0 heterocycles. The van der Waals surface area contributed by atoms with Gasteiger partial charge in [0, 0.05) is 6.07 Å². The van der Waals surface area contributed by atoms with Crippen LogP contribution >= 0.6 is 0 Å². The molecule has 6 heteroatoms. The average molecular weight is 184 g/mol. The number of hydrogen-bond acceptors (Lipinski definition) is 4. The average Bonchev–Trinajstić information content (AvgIpc) is 2.06. The molecular weight excluding hydrogens is 176 g/mol. The van der Waals surface area contributed by atoms with Crippen LogP contribution in [0.15, 0.2) is 24.3 Å². The van der Waals surface area contributed by atoms with Crippen molar-refractivity contribution in [3.8, 4) is 0 Å². The molecule has 0 amide bonds. The van der Waals surface area contributed by atoms with Gasteiger partial charge in [-0.15, -0.1) is 0 Å². The number of nitro groups is 1. The van der Waals surface area contributed by atoms with Gasteiger partial charge in [0.25, 0.3) is 12.2 Å². The van der Waals surface area contributed by atoms with Crippen molar-refractivity contribution in [1.82, 2.24) is 0 Å². The van der Waals surface area contributed by atoms with Crippen LogP contribution in [-0.4, -0.2) is 16.5 Å². The van der Waals surface area contributed by atoms with Crippen molar-refractivity contribution in [3.63, 3.8) is 0 Å². The summed E-state index contributed by atoms with van der Waals surface area (Å²) in [7, 11) is 0. The van der Waals surface area contributed by atoms with Gasteiger partial charge >= 0.3 is 0 Å². The predicted octanol–water partition coefficient (Wildman–Crippen LogP) is 0.878. The smallest absolute Gasteiger partial charge is 0.292 e. The van der Waals surface area contributed by atoms with Crippen molar-refractivity contribution in [1.29, 1.82) is 0 Å². The molecule has 1 aromatic carbocycles. The molecule has 3 N–H and O–H groups in total. The topological polar surface area (TPSA) is 106 Å². The highest BCUT2D eigenvalue weighted by atomic mass is 16.6.